The number of carbonyl (C=O) groups is 1. The lowest BCUT2D eigenvalue weighted by Gasteiger charge is -2.09. The lowest BCUT2D eigenvalue weighted by molar-refractivity contribution is 0.102. The van der Waals surface area contributed by atoms with E-state index in [1.54, 1.807) is 0 Å². The molecule has 0 atom stereocenters. The molecule has 0 heterocycles. The minimum atomic E-state index is -4.46. The molecule has 4 aromatic carbocycles. The van der Waals surface area contributed by atoms with Crippen LogP contribution in [0.15, 0.2) is 87.5 Å². The Hall–Kier alpha value is -3.82. The maximum atomic E-state index is 12.3. The van der Waals surface area contributed by atoms with Crippen molar-refractivity contribution >= 4 is 85.5 Å². The number of hydrogen-bond donors (Lipinski definition) is 6. The summed E-state index contributed by atoms with van der Waals surface area (Å²) in [5.41, 5.74) is 11.6. The molecule has 0 aliphatic heterocycles. The van der Waals surface area contributed by atoms with Gasteiger partial charge in [-0.3, -0.25) is 18.5 Å². The highest BCUT2D eigenvalue weighted by atomic mass is 35.5. The molecule has 15 nitrogen and oxygen atoms in total. The van der Waals surface area contributed by atoms with Crippen LogP contribution in [0.5, 0.6) is 0 Å². The molecule has 248 valence electrons. The molecular formula is C26H26ClN3O12S4. The molecular weight excluding hydrogens is 710 g/mol. The second-order valence-electron chi connectivity index (χ2n) is 9.51. The molecule has 0 aromatic heterocycles. The Morgan fingerprint density at radius 3 is 1.78 bits per heavy atom. The fourth-order valence-corrected chi connectivity index (χ4v) is 7.45. The van der Waals surface area contributed by atoms with Crippen molar-refractivity contribution in [2.24, 2.45) is 0 Å². The van der Waals surface area contributed by atoms with Crippen molar-refractivity contribution in [3.8, 4) is 0 Å². The van der Waals surface area contributed by atoms with Gasteiger partial charge in [-0.2, -0.15) is 25.3 Å². The van der Waals surface area contributed by atoms with E-state index in [2.05, 4.69) is 5.32 Å². The number of benzene rings is 4. The molecule has 0 saturated carbocycles. The average molecular weight is 736 g/mol. The summed E-state index contributed by atoms with van der Waals surface area (Å²) in [6.07, 6.45) is 0. The number of rotatable bonds is 9. The second-order valence-corrected chi connectivity index (χ2v) is 16.3. The summed E-state index contributed by atoms with van der Waals surface area (Å²) in [4.78, 5) is 11.0. The van der Waals surface area contributed by atoms with Crippen molar-refractivity contribution in [3.05, 3.63) is 83.9 Å². The number of anilines is 3. The number of halogens is 1. The van der Waals surface area contributed by atoms with Gasteiger partial charge < -0.3 is 16.8 Å². The van der Waals surface area contributed by atoms with Crippen LogP contribution in [-0.2, 0) is 45.9 Å². The van der Waals surface area contributed by atoms with E-state index < -0.39 is 55.9 Å². The minimum absolute atomic E-state index is 0.0162. The van der Waals surface area contributed by atoms with E-state index in [-0.39, 0.29) is 44.9 Å². The van der Waals surface area contributed by atoms with Crippen molar-refractivity contribution in [3.63, 3.8) is 0 Å². The van der Waals surface area contributed by atoms with Crippen LogP contribution in [0.25, 0.3) is 10.8 Å². The highest BCUT2D eigenvalue weighted by Gasteiger charge is 2.18. The number of nitrogens with two attached hydrogens (primary N) is 2. The van der Waals surface area contributed by atoms with E-state index in [1.807, 2.05) is 0 Å². The van der Waals surface area contributed by atoms with Crippen LogP contribution in [0.3, 0.4) is 0 Å². The fourth-order valence-electron chi connectivity index (χ4n) is 3.92. The predicted octanol–water partition coefficient (Wildman–Crippen LogP) is 2.84. The Morgan fingerprint density at radius 1 is 0.674 bits per heavy atom. The Kier molecular flexibility index (Phi) is 11.1. The van der Waals surface area contributed by atoms with Gasteiger partial charge >= 0.3 is 0 Å². The first-order chi connectivity index (χ1) is 21.1. The molecule has 0 unspecified atom stereocenters. The summed E-state index contributed by atoms with van der Waals surface area (Å²) in [5.74, 6) is -0.779. The number of nitrogens with one attached hydrogen (secondary N) is 1. The molecule has 4 aromatic rings. The number of sulfone groups is 1. The molecule has 0 aliphatic carbocycles. The van der Waals surface area contributed by atoms with E-state index in [1.165, 1.54) is 48.5 Å². The van der Waals surface area contributed by atoms with Crippen molar-refractivity contribution in [2.75, 3.05) is 28.4 Å². The molecule has 8 N–H and O–H groups in total. The maximum Gasteiger partial charge on any atom is 0.296 e. The summed E-state index contributed by atoms with van der Waals surface area (Å²) in [6.45, 7) is 0. The van der Waals surface area contributed by atoms with Crippen LogP contribution < -0.4 is 16.8 Å². The largest absolute Gasteiger partial charge is 0.398 e. The fraction of sp³-hybridized carbons (Fsp3) is 0.115. The third-order valence-corrected chi connectivity index (χ3v) is 10.8. The van der Waals surface area contributed by atoms with Gasteiger partial charge in [-0.1, -0.05) is 18.2 Å². The molecule has 0 aliphatic rings. The van der Waals surface area contributed by atoms with Crippen LogP contribution in [0.1, 0.15) is 15.9 Å². The zero-order valence-electron chi connectivity index (χ0n) is 23.2. The van der Waals surface area contributed by atoms with Gasteiger partial charge in [-0.05, 0) is 70.9 Å². The smallest absolute Gasteiger partial charge is 0.296 e. The zero-order chi connectivity index (χ0) is 34.7. The Morgan fingerprint density at radius 2 is 1.26 bits per heavy atom. The highest BCUT2D eigenvalue weighted by Crippen LogP contribution is 2.27. The number of amides is 1. The van der Waals surface area contributed by atoms with Gasteiger partial charge in [0, 0.05) is 17.1 Å². The first kappa shape index (κ1) is 36.6. The number of hydrogen-bond acceptors (Lipinski definition) is 11. The lowest BCUT2D eigenvalue weighted by atomic mass is 10.1. The Labute approximate surface area is 269 Å². The zero-order valence-corrected chi connectivity index (χ0v) is 27.3. The standard InChI is InChI=1S/C16H17ClN2O6S2.C10H9NO6S2/c17-7-8-26(21,22)10-11-1-3-12(4-2-11)16(20)19-13-5-6-15(14(18)9-13)27(23,24)25;11-9-4-7-3-8(18(12,13)14)2-1-6(7)5-10(9)19(15,16)17/h1-6,9H,7-8,10,18H2,(H,19,20)(H,23,24,25);1-5H,11H2,(H,12,13,14)(H,15,16,17). The minimum Gasteiger partial charge on any atom is -0.398 e. The van der Waals surface area contributed by atoms with Crippen LogP contribution in [-0.4, -0.2) is 64.9 Å². The van der Waals surface area contributed by atoms with E-state index >= 15 is 0 Å². The molecule has 0 saturated heterocycles. The number of nitrogen functional groups attached to an aromatic ring is 2. The highest BCUT2D eigenvalue weighted by molar-refractivity contribution is 7.90. The van der Waals surface area contributed by atoms with Crippen molar-refractivity contribution < 1.29 is 52.1 Å². The van der Waals surface area contributed by atoms with Crippen LogP contribution >= 0.6 is 11.6 Å². The van der Waals surface area contributed by atoms with Gasteiger partial charge in [0.15, 0.2) is 9.84 Å². The van der Waals surface area contributed by atoms with E-state index in [4.69, 9.17) is 36.7 Å². The van der Waals surface area contributed by atoms with Crippen LogP contribution in [0.2, 0.25) is 0 Å². The predicted molar refractivity (Wildman–Crippen MR) is 171 cm³/mol. The van der Waals surface area contributed by atoms with E-state index in [0.717, 1.165) is 24.3 Å². The van der Waals surface area contributed by atoms with E-state index in [0.29, 0.717) is 16.3 Å². The topological polar surface area (TPSA) is 278 Å². The molecule has 4 rings (SSSR count). The summed E-state index contributed by atoms with van der Waals surface area (Å²) in [5, 5.41) is 3.21. The Balaban J connectivity index is 0.000000266. The van der Waals surface area contributed by atoms with Gasteiger partial charge in [0.1, 0.15) is 9.79 Å². The second kappa shape index (κ2) is 13.9. The summed E-state index contributed by atoms with van der Waals surface area (Å²) >= 11 is 5.45. The quantitative estimate of drug-likeness (QED) is 0.0819. The summed E-state index contributed by atoms with van der Waals surface area (Å²) in [7, 11) is -16.6. The molecule has 0 fully saturated rings. The maximum absolute atomic E-state index is 12.3. The van der Waals surface area contributed by atoms with Crippen molar-refractivity contribution in [1.82, 2.24) is 0 Å². The summed E-state index contributed by atoms with van der Waals surface area (Å²) < 4.78 is 117. The molecule has 1 amide bonds. The SMILES string of the molecule is Nc1cc(NC(=O)c2ccc(CS(=O)(=O)CCCl)cc2)ccc1S(=O)(=O)O.Nc1cc2cc(S(=O)(=O)O)ccc2cc1S(=O)(=O)O. The number of carbonyl (C=O) groups excluding carboxylic acids is 1. The third kappa shape index (κ3) is 9.84. The van der Waals surface area contributed by atoms with Gasteiger partial charge in [0.2, 0.25) is 0 Å². The normalized spacial score (nSPS) is 12.3. The average Bonchev–Trinajstić information content (AvgIpc) is 2.91. The van der Waals surface area contributed by atoms with E-state index in [9.17, 15) is 38.5 Å². The third-order valence-electron chi connectivity index (χ3n) is 6.05. The van der Waals surface area contributed by atoms with Gasteiger partial charge in [-0.15, -0.1) is 11.6 Å². The van der Waals surface area contributed by atoms with Gasteiger partial charge in [0.25, 0.3) is 36.3 Å². The Bertz CT molecular complexity index is 2240. The monoisotopic (exact) mass is 735 g/mol. The molecule has 20 heteroatoms. The molecule has 0 spiro atoms. The van der Waals surface area contributed by atoms with Crippen molar-refractivity contribution in [2.45, 2.75) is 20.4 Å². The van der Waals surface area contributed by atoms with Crippen molar-refractivity contribution in [1.29, 1.82) is 0 Å². The van der Waals surface area contributed by atoms with Gasteiger partial charge in [-0.25, -0.2) is 8.42 Å². The molecule has 0 bridgehead atoms. The summed E-state index contributed by atoms with van der Waals surface area (Å²) in [6, 6.07) is 15.4. The molecule has 46 heavy (non-hydrogen) atoms. The van der Waals surface area contributed by atoms with Crippen LogP contribution in [0.4, 0.5) is 17.1 Å². The first-order valence-electron chi connectivity index (χ1n) is 12.4. The number of alkyl halides is 1. The lowest BCUT2D eigenvalue weighted by Crippen LogP contribution is -2.13. The van der Waals surface area contributed by atoms with Crippen LogP contribution in [0, 0.1) is 0 Å². The first-order valence-corrected chi connectivity index (χ1v) is 19.1. The molecule has 0 radical (unpaired) electrons. The number of fused-ring (bicyclic) bond motifs is 1. The van der Waals surface area contributed by atoms with Gasteiger partial charge in [0.05, 0.1) is 27.8 Å².